The zero-order valence-corrected chi connectivity index (χ0v) is 11.4. The van der Waals surface area contributed by atoms with E-state index in [-0.39, 0.29) is 12.5 Å². The summed E-state index contributed by atoms with van der Waals surface area (Å²) in [5.41, 5.74) is 0.844. The van der Waals surface area contributed by atoms with E-state index in [0.717, 1.165) is 5.69 Å². The highest BCUT2D eigenvalue weighted by Crippen LogP contribution is 2.15. The number of ether oxygens (including phenoxy) is 1. The number of aryl methyl sites for hydroxylation is 2. The molecule has 0 unspecified atom stereocenters. The van der Waals surface area contributed by atoms with Crippen LogP contribution in [0.2, 0.25) is 5.02 Å². The number of carbonyl (C=O) groups excluding carboxylic acids is 1. The average Bonchev–Trinajstić information content (AvgIpc) is 2.67. The summed E-state index contributed by atoms with van der Waals surface area (Å²) in [5.74, 6) is 1.00. The maximum atomic E-state index is 11.7. The molecule has 100 valence electrons. The lowest BCUT2D eigenvalue weighted by Gasteiger charge is -2.07. The highest BCUT2D eigenvalue weighted by molar-refractivity contribution is 6.30. The van der Waals surface area contributed by atoms with Crippen molar-refractivity contribution in [1.29, 1.82) is 0 Å². The summed E-state index contributed by atoms with van der Waals surface area (Å²) in [6, 6.07) is 8.63. The van der Waals surface area contributed by atoms with Crippen molar-refractivity contribution in [2.75, 3.05) is 11.9 Å². The minimum absolute atomic E-state index is 0.0636. The van der Waals surface area contributed by atoms with E-state index in [0.29, 0.717) is 16.6 Å². The molecule has 0 aliphatic rings. The molecule has 1 aromatic carbocycles. The zero-order chi connectivity index (χ0) is 13.8. The van der Waals surface area contributed by atoms with Gasteiger partial charge in [0.2, 0.25) is 0 Å². The monoisotopic (exact) mass is 279 g/mol. The van der Waals surface area contributed by atoms with E-state index < -0.39 is 0 Å². The molecule has 19 heavy (non-hydrogen) atoms. The Morgan fingerprint density at radius 2 is 2.11 bits per heavy atom. The molecule has 0 aliphatic carbocycles. The molecule has 0 aliphatic heterocycles. The first-order valence-electron chi connectivity index (χ1n) is 5.73. The van der Waals surface area contributed by atoms with Crippen LogP contribution in [0.4, 0.5) is 5.82 Å². The molecule has 1 N–H and O–H groups in total. The van der Waals surface area contributed by atoms with Crippen LogP contribution in [0.5, 0.6) is 5.75 Å². The maximum absolute atomic E-state index is 11.7. The van der Waals surface area contributed by atoms with Crippen molar-refractivity contribution in [3.05, 3.63) is 41.0 Å². The van der Waals surface area contributed by atoms with Crippen LogP contribution < -0.4 is 10.1 Å². The Kier molecular flexibility index (Phi) is 4.06. The van der Waals surface area contributed by atoms with Crippen molar-refractivity contribution in [1.82, 2.24) is 9.78 Å². The third kappa shape index (κ3) is 3.72. The van der Waals surface area contributed by atoms with Gasteiger partial charge in [0, 0.05) is 18.1 Å². The first kappa shape index (κ1) is 13.4. The molecule has 6 heteroatoms. The Morgan fingerprint density at radius 1 is 1.42 bits per heavy atom. The lowest BCUT2D eigenvalue weighted by atomic mass is 10.3. The van der Waals surface area contributed by atoms with E-state index in [4.69, 9.17) is 16.3 Å². The van der Waals surface area contributed by atoms with Gasteiger partial charge in [0.05, 0.1) is 5.69 Å². The quantitative estimate of drug-likeness (QED) is 0.935. The van der Waals surface area contributed by atoms with E-state index in [9.17, 15) is 4.79 Å². The fourth-order valence-electron chi connectivity index (χ4n) is 1.59. The van der Waals surface area contributed by atoms with Gasteiger partial charge >= 0.3 is 0 Å². The van der Waals surface area contributed by atoms with Gasteiger partial charge in [-0.15, -0.1) is 0 Å². The number of rotatable bonds is 4. The molecular weight excluding hydrogens is 266 g/mol. The average molecular weight is 280 g/mol. The molecule has 1 aromatic heterocycles. The summed E-state index contributed by atoms with van der Waals surface area (Å²) in [5, 5.41) is 7.49. The van der Waals surface area contributed by atoms with E-state index in [2.05, 4.69) is 10.4 Å². The van der Waals surface area contributed by atoms with Gasteiger partial charge in [-0.1, -0.05) is 11.6 Å². The lowest BCUT2D eigenvalue weighted by Crippen LogP contribution is -2.21. The second-order valence-electron chi connectivity index (χ2n) is 4.09. The van der Waals surface area contributed by atoms with Crippen LogP contribution in [0.1, 0.15) is 5.69 Å². The Morgan fingerprint density at radius 3 is 2.68 bits per heavy atom. The minimum atomic E-state index is -0.238. The van der Waals surface area contributed by atoms with Crippen molar-refractivity contribution in [3.8, 4) is 5.75 Å². The molecule has 0 spiro atoms. The lowest BCUT2D eigenvalue weighted by molar-refractivity contribution is -0.118. The van der Waals surface area contributed by atoms with Gasteiger partial charge in [0.15, 0.2) is 6.61 Å². The number of nitrogens with one attached hydrogen (secondary N) is 1. The van der Waals surface area contributed by atoms with Gasteiger partial charge in [0.25, 0.3) is 5.91 Å². The van der Waals surface area contributed by atoms with E-state index in [1.54, 1.807) is 42.1 Å². The first-order chi connectivity index (χ1) is 9.04. The third-order valence-electron chi connectivity index (χ3n) is 2.45. The second-order valence-corrected chi connectivity index (χ2v) is 4.52. The summed E-state index contributed by atoms with van der Waals surface area (Å²) in [6.45, 7) is 1.80. The number of halogens is 1. The summed E-state index contributed by atoms with van der Waals surface area (Å²) in [4.78, 5) is 11.7. The predicted molar refractivity (Wildman–Crippen MR) is 73.5 cm³/mol. The molecule has 0 atom stereocenters. The van der Waals surface area contributed by atoms with E-state index in [1.807, 2.05) is 6.92 Å². The molecule has 2 rings (SSSR count). The number of nitrogens with zero attached hydrogens (tertiary/aromatic N) is 2. The summed E-state index contributed by atoms with van der Waals surface area (Å²) in [7, 11) is 1.77. The Bertz CT molecular complexity index is 578. The fourth-order valence-corrected chi connectivity index (χ4v) is 1.71. The molecule has 1 amide bonds. The summed E-state index contributed by atoms with van der Waals surface area (Å²) in [6.07, 6.45) is 0. The Hall–Kier alpha value is -2.01. The van der Waals surface area contributed by atoms with Crippen LogP contribution in [0.25, 0.3) is 0 Å². The van der Waals surface area contributed by atoms with Crippen molar-refractivity contribution in [2.24, 2.45) is 7.05 Å². The molecule has 5 nitrogen and oxygen atoms in total. The Balaban J connectivity index is 1.88. The molecule has 1 heterocycles. The fraction of sp³-hybridized carbons (Fsp3) is 0.231. The number of aromatic nitrogens is 2. The van der Waals surface area contributed by atoms with Crippen molar-refractivity contribution < 1.29 is 9.53 Å². The topological polar surface area (TPSA) is 56.1 Å². The number of hydrogen-bond donors (Lipinski definition) is 1. The van der Waals surface area contributed by atoms with Crippen LogP contribution in [-0.4, -0.2) is 22.3 Å². The second kappa shape index (κ2) is 5.75. The molecule has 0 radical (unpaired) electrons. The number of anilines is 1. The first-order valence-corrected chi connectivity index (χ1v) is 6.11. The highest BCUT2D eigenvalue weighted by atomic mass is 35.5. The van der Waals surface area contributed by atoms with E-state index in [1.165, 1.54) is 0 Å². The Labute approximate surface area is 116 Å². The van der Waals surface area contributed by atoms with Crippen LogP contribution in [-0.2, 0) is 11.8 Å². The van der Waals surface area contributed by atoms with Crippen LogP contribution in [0.3, 0.4) is 0 Å². The number of amides is 1. The summed E-state index contributed by atoms with van der Waals surface area (Å²) < 4.78 is 6.95. The number of benzene rings is 1. The van der Waals surface area contributed by atoms with Gasteiger partial charge < -0.3 is 10.1 Å². The van der Waals surface area contributed by atoms with Crippen molar-refractivity contribution >= 4 is 23.3 Å². The minimum Gasteiger partial charge on any atom is -0.484 e. The van der Waals surface area contributed by atoms with Gasteiger partial charge in [-0.25, -0.2) is 0 Å². The van der Waals surface area contributed by atoms with Crippen LogP contribution >= 0.6 is 11.6 Å². The number of carbonyl (C=O) groups is 1. The highest BCUT2D eigenvalue weighted by Gasteiger charge is 2.07. The van der Waals surface area contributed by atoms with Gasteiger partial charge in [0.1, 0.15) is 11.6 Å². The van der Waals surface area contributed by atoms with Gasteiger partial charge in [-0.05, 0) is 31.2 Å². The molecule has 0 bridgehead atoms. The van der Waals surface area contributed by atoms with Crippen LogP contribution in [0, 0.1) is 6.92 Å². The molecule has 2 aromatic rings. The molecular formula is C13H14ClN3O2. The SMILES string of the molecule is Cc1cc(NC(=O)COc2ccc(Cl)cc2)n(C)n1. The van der Waals surface area contributed by atoms with Gasteiger partial charge in [-0.3, -0.25) is 9.48 Å². The molecule has 0 saturated carbocycles. The van der Waals surface area contributed by atoms with Gasteiger partial charge in [-0.2, -0.15) is 5.10 Å². The summed E-state index contributed by atoms with van der Waals surface area (Å²) >= 11 is 5.76. The third-order valence-corrected chi connectivity index (χ3v) is 2.71. The van der Waals surface area contributed by atoms with Crippen molar-refractivity contribution in [2.45, 2.75) is 6.92 Å². The number of hydrogen-bond acceptors (Lipinski definition) is 3. The predicted octanol–water partition coefficient (Wildman–Crippen LogP) is 2.40. The molecule has 0 fully saturated rings. The largest absolute Gasteiger partial charge is 0.484 e. The molecule has 0 saturated heterocycles. The van der Waals surface area contributed by atoms with Crippen molar-refractivity contribution in [3.63, 3.8) is 0 Å². The van der Waals surface area contributed by atoms with E-state index >= 15 is 0 Å². The normalized spacial score (nSPS) is 10.3. The van der Waals surface area contributed by atoms with Crippen LogP contribution in [0.15, 0.2) is 30.3 Å². The zero-order valence-electron chi connectivity index (χ0n) is 10.7. The maximum Gasteiger partial charge on any atom is 0.263 e. The standard InChI is InChI=1S/C13H14ClN3O2/c1-9-7-12(17(2)16-9)15-13(18)8-19-11-5-3-10(14)4-6-11/h3-7H,8H2,1-2H3,(H,15,18). The smallest absolute Gasteiger partial charge is 0.263 e.